The Morgan fingerprint density at radius 2 is 1.83 bits per heavy atom. The van der Waals surface area contributed by atoms with Gasteiger partial charge in [-0.05, 0) is 25.0 Å². The molecule has 2 aliphatic rings. The van der Waals surface area contributed by atoms with Crippen molar-refractivity contribution in [3.05, 3.63) is 30.1 Å². The first-order chi connectivity index (χ1) is 13.9. The van der Waals surface area contributed by atoms with Crippen LogP contribution in [0.25, 0.3) is 0 Å². The summed E-state index contributed by atoms with van der Waals surface area (Å²) in [5.41, 5.74) is 0. The highest BCUT2D eigenvalue weighted by Gasteiger charge is 2.30. The molecule has 160 valence electrons. The van der Waals surface area contributed by atoms with E-state index in [1.165, 1.54) is 22.5 Å². The number of carbonyl (C=O) groups is 2. The Labute approximate surface area is 170 Å². The lowest BCUT2D eigenvalue weighted by Gasteiger charge is -2.33. The number of hydrogen-bond donors (Lipinski definition) is 1. The maximum atomic E-state index is 13.9. The maximum Gasteiger partial charge on any atom is 0.246 e. The van der Waals surface area contributed by atoms with E-state index in [-0.39, 0.29) is 36.3 Å². The average Bonchev–Trinajstić information content (AvgIpc) is 3.11. The quantitative estimate of drug-likeness (QED) is 0.603. The van der Waals surface area contributed by atoms with E-state index in [0.29, 0.717) is 39.0 Å². The van der Waals surface area contributed by atoms with Gasteiger partial charge < -0.3 is 10.2 Å². The molecule has 0 radical (unpaired) electrons. The van der Waals surface area contributed by atoms with Gasteiger partial charge in [-0.2, -0.15) is 4.31 Å². The molecule has 0 saturated carbocycles. The van der Waals surface area contributed by atoms with Crippen molar-refractivity contribution in [1.82, 2.24) is 19.4 Å². The molecule has 0 unspecified atom stereocenters. The number of benzene rings is 1. The van der Waals surface area contributed by atoms with Crippen LogP contribution in [0.5, 0.6) is 0 Å². The minimum absolute atomic E-state index is 0.122. The van der Waals surface area contributed by atoms with Crippen LogP contribution < -0.4 is 5.32 Å². The predicted octanol–water partition coefficient (Wildman–Crippen LogP) is 0.261. The van der Waals surface area contributed by atoms with Crippen LogP contribution in [0.15, 0.2) is 29.2 Å². The highest BCUT2D eigenvalue weighted by atomic mass is 32.2. The Morgan fingerprint density at radius 1 is 1.10 bits per heavy atom. The van der Waals surface area contributed by atoms with Gasteiger partial charge >= 0.3 is 0 Å². The van der Waals surface area contributed by atoms with E-state index < -0.39 is 15.8 Å². The lowest BCUT2D eigenvalue weighted by molar-refractivity contribution is -0.127. The second kappa shape index (κ2) is 9.64. The summed E-state index contributed by atoms with van der Waals surface area (Å²) in [4.78, 5) is 27.0. The monoisotopic (exact) mass is 426 g/mol. The molecule has 3 rings (SSSR count). The number of hydrogen-bond acceptors (Lipinski definition) is 5. The summed E-state index contributed by atoms with van der Waals surface area (Å²) in [5.74, 6) is -0.701. The van der Waals surface area contributed by atoms with Gasteiger partial charge in [0.05, 0.1) is 6.54 Å². The number of nitrogens with zero attached hydrogens (tertiary/aromatic N) is 3. The summed E-state index contributed by atoms with van der Waals surface area (Å²) in [7, 11) is -3.88. The van der Waals surface area contributed by atoms with E-state index in [1.807, 2.05) is 9.80 Å². The zero-order chi connectivity index (χ0) is 20.9. The van der Waals surface area contributed by atoms with Gasteiger partial charge in [-0.25, -0.2) is 12.8 Å². The van der Waals surface area contributed by atoms with Crippen molar-refractivity contribution in [1.29, 1.82) is 0 Å². The first-order valence-corrected chi connectivity index (χ1v) is 11.3. The fourth-order valence-electron chi connectivity index (χ4n) is 3.62. The second-order valence-corrected chi connectivity index (χ2v) is 9.20. The van der Waals surface area contributed by atoms with Crippen molar-refractivity contribution in [2.75, 3.05) is 52.4 Å². The molecular weight excluding hydrogens is 399 g/mol. The standard InChI is InChI=1S/C19H27FN4O4S/c20-16-5-1-2-6-17(16)29(27,28)24-13-11-22(12-14-24)15-18(25)21-8-4-10-23-9-3-7-19(23)26/h1-2,5-6H,3-4,7-15H2,(H,21,25). The Kier molecular flexibility index (Phi) is 7.20. The normalized spacial score (nSPS) is 18.9. The molecule has 2 aliphatic heterocycles. The molecule has 0 bridgehead atoms. The van der Waals surface area contributed by atoms with Gasteiger partial charge in [0.1, 0.15) is 10.7 Å². The molecule has 1 N–H and O–H groups in total. The van der Waals surface area contributed by atoms with E-state index >= 15 is 0 Å². The van der Waals surface area contributed by atoms with E-state index in [2.05, 4.69) is 5.32 Å². The lowest BCUT2D eigenvalue weighted by atomic mass is 10.3. The van der Waals surface area contributed by atoms with E-state index in [1.54, 1.807) is 0 Å². The Morgan fingerprint density at radius 3 is 2.48 bits per heavy atom. The molecule has 2 fully saturated rings. The van der Waals surface area contributed by atoms with Crippen LogP contribution in [-0.2, 0) is 19.6 Å². The van der Waals surface area contributed by atoms with Crippen molar-refractivity contribution >= 4 is 21.8 Å². The van der Waals surface area contributed by atoms with Crippen LogP contribution in [-0.4, -0.2) is 86.7 Å². The fraction of sp³-hybridized carbons (Fsp3) is 0.579. The third kappa shape index (κ3) is 5.52. The molecule has 0 atom stereocenters. The predicted molar refractivity (Wildman–Crippen MR) is 105 cm³/mol. The average molecular weight is 427 g/mol. The first-order valence-electron chi connectivity index (χ1n) is 9.89. The summed E-state index contributed by atoms with van der Waals surface area (Å²) in [5, 5.41) is 2.84. The van der Waals surface area contributed by atoms with Crippen molar-refractivity contribution < 1.29 is 22.4 Å². The number of piperazine rings is 1. The van der Waals surface area contributed by atoms with Crippen molar-refractivity contribution in [3.8, 4) is 0 Å². The molecule has 0 aromatic heterocycles. The zero-order valence-corrected chi connectivity index (χ0v) is 17.2. The number of sulfonamides is 1. The van der Waals surface area contributed by atoms with Crippen LogP contribution in [0.1, 0.15) is 19.3 Å². The van der Waals surface area contributed by atoms with Crippen molar-refractivity contribution in [2.45, 2.75) is 24.2 Å². The molecule has 1 aromatic rings. The number of amides is 2. The second-order valence-electron chi connectivity index (χ2n) is 7.30. The molecule has 29 heavy (non-hydrogen) atoms. The van der Waals surface area contributed by atoms with Crippen molar-refractivity contribution in [2.24, 2.45) is 0 Å². The third-order valence-corrected chi connectivity index (χ3v) is 7.18. The van der Waals surface area contributed by atoms with Crippen LogP contribution >= 0.6 is 0 Å². The smallest absolute Gasteiger partial charge is 0.246 e. The van der Waals surface area contributed by atoms with Crippen LogP contribution in [0.2, 0.25) is 0 Å². The molecule has 2 heterocycles. The van der Waals surface area contributed by atoms with Crippen molar-refractivity contribution in [3.63, 3.8) is 0 Å². The molecule has 1 aromatic carbocycles. The summed E-state index contributed by atoms with van der Waals surface area (Å²) < 4.78 is 40.3. The summed E-state index contributed by atoms with van der Waals surface area (Å²) >= 11 is 0. The third-order valence-electron chi connectivity index (χ3n) is 5.25. The topological polar surface area (TPSA) is 90.0 Å². The number of halogens is 1. The molecule has 2 saturated heterocycles. The van der Waals surface area contributed by atoms with E-state index in [9.17, 15) is 22.4 Å². The molecule has 0 spiro atoms. The maximum absolute atomic E-state index is 13.9. The van der Waals surface area contributed by atoms with Gasteiger partial charge in [0, 0.05) is 52.2 Å². The Balaban J connectivity index is 1.38. The largest absolute Gasteiger partial charge is 0.355 e. The first kappa shape index (κ1) is 21.7. The molecular formula is C19H27FN4O4S. The summed E-state index contributed by atoms with van der Waals surface area (Å²) in [6.45, 7) is 3.38. The molecule has 10 heteroatoms. The number of rotatable bonds is 8. The SMILES string of the molecule is O=C(CN1CCN(S(=O)(=O)c2ccccc2F)CC1)NCCCN1CCCC1=O. The van der Waals surface area contributed by atoms with Gasteiger partial charge in [-0.15, -0.1) is 0 Å². The summed E-state index contributed by atoms with van der Waals surface area (Å²) in [6, 6.07) is 5.34. The van der Waals surface area contributed by atoms with Gasteiger partial charge in [0.15, 0.2) is 0 Å². The Bertz CT molecular complexity index is 840. The van der Waals surface area contributed by atoms with Crippen LogP contribution in [0.3, 0.4) is 0 Å². The molecule has 2 amide bonds. The minimum Gasteiger partial charge on any atom is -0.355 e. The van der Waals surface area contributed by atoms with Crippen LogP contribution in [0, 0.1) is 5.82 Å². The highest BCUT2D eigenvalue weighted by Crippen LogP contribution is 2.20. The lowest BCUT2D eigenvalue weighted by Crippen LogP contribution is -2.51. The Hall–Kier alpha value is -2.04. The molecule has 0 aliphatic carbocycles. The van der Waals surface area contributed by atoms with Crippen LogP contribution in [0.4, 0.5) is 4.39 Å². The van der Waals surface area contributed by atoms with Gasteiger partial charge in [-0.1, -0.05) is 12.1 Å². The zero-order valence-electron chi connectivity index (χ0n) is 16.3. The number of nitrogens with one attached hydrogen (secondary N) is 1. The van der Waals surface area contributed by atoms with E-state index in [4.69, 9.17) is 0 Å². The highest BCUT2D eigenvalue weighted by molar-refractivity contribution is 7.89. The number of likely N-dealkylation sites (tertiary alicyclic amines) is 1. The summed E-state index contributed by atoms with van der Waals surface area (Å²) in [6.07, 6.45) is 2.24. The minimum atomic E-state index is -3.88. The van der Waals surface area contributed by atoms with Gasteiger partial charge in [-0.3, -0.25) is 14.5 Å². The van der Waals surface area contributed by atoms with Gasteiger partial charge in [0.2, 0.25) is 21.8 Å². The van der Waals surface area contributed by atoms with E-state index in [0.717, 1.165) is 19.0 Å². The van der Waals surface area contributed by atoms with Gasteiger partial charge in [0.25, 0.3) is 0 Å². The molecule has 8 nitrogen and oxygen atoms in total. The number of carbonyl (C=O) groups excluding carboxylic acids is 2. The fourth-order valence-corrected chi connectivity index (χ4v) is 5.11.